The van der Waals surface area contributed by atoms with Gasteiger partial charge in [0.15, 0.2) is 0 Å². The van der Waals surface area contributed by atoms with E-state index >= 15 is 0 Å². The van der Waals surface area contributed by atoms with Crippen molar-refractivity contribution in [2.45, 2.75) is 45.1 Å². The molecule has 0 radical (unpaired) electrons. The summed E-state index contributed by atoms with van der Waals surface area (Å²) >= 11 is 0. The second-order valence-electron chi connectivity index (χ2n) is 7.89. The van der Waals surface area contributed by atoms with Crippen molar-refractivity contribution >= 4 is 10.9 Å². The molecule has 3 rings (SSSR count). The summed E-state index contributed by atoms with van der Waals surface area (Å²) in [6.07, 6.45) is 0.493. The molecule has 3 nitrogen and oxygen atoms in total. The van der Waals surface area contributed by atoms with E-state index in [1.165, 1.54) is 5.56 Å². The Hall–Kier alpha value is -2.23. The molecule has 2 N–H and O–H groups in total. The van der Waals surface area contributed by atoms with Crippen LogP contribution in [0.4, 0.5) is 0 Å². The Morgan fingerprint density at radius 2 is 1.73 bits per heavy atom. The van der Waals surface area contributed by atoms with E-state index in [4.69, 9.17) is 10.1 Å². The maximum Gasteiger partial charge on any atom is 0.0774 e. The van der Waals surface area contributed by atoms with E-state index in [-0.39, 0.29) is 12.0 Å². The first kappa shape index (κ1) is 18.6. The highest BCUT2D eigenvalue weighted by Crippen LogP contribution is 2.30. The highest BCUT2D eigenvalue weighted by atomic mass is 16.3. The zero-order valence-corrected chi connectivity index (χ0v) is 15.7. The number of fused-ring (bicyclic) bond motifs is 1. The van der Waals surface area contributed by atoms with E-state index < -0.39 is 6.10 Å². The van der Waals surface area contributed by atoms with Gasteiger partial charge in [-0.25, -0.2) is 4.98 Å². The molecular formula is C23H27NO2. The third-order valence-electron chi connectivity index (χ3n) is 4.76. The average Bonchev–Trinajstić information content (AvgIpc) is 2.64. The van der Waals surface area contributed by atoms with Crippen LogP contribution in [0, 0.1) is 0 Å². The van der Waals surface area contributed by atoms with Gasteiger partial charge < -0.3 is 10.2 Å². The number of aliphatic hydroxyl groups excluding tert-OH is 2. The minimum absolute atomic E-state index is 0.0829. The van der Waals surface area contributed by atoms with Crippen LogP contribution in [0.3, 0.4) is 0 Å². The van der Waals surface area contributed by atoms with Crippen LogP contribution in [0.15, 0.2) is 54.6 Å². The van der Waals surface area contributed by atoms with E-state index in [1.807, 2.05) is 18.2 Å². The number of pyridine rings is 1. The van der Waals surface area contributed by atoms with Crippen LogP contribution in [0.1, 0.15) is 38.3 Å². The number of hydrogen-bond acceptors (Lipinski definition) is 3. The molecule has 0 amide bonds. The van der Waals surface area contributed by atoms with Crippen LogP contribution in [0.2, 0.25) is 0 Å². The molecule has 0 saturated heterocycles. The molecule has 1 heterocycles. The number of benzene rings is 2. The summed E-state index contributed by atoms with van der Waals surface area (Å²) in [5.74, 6) is 0. The number of aryl methyl sites for hydroxylation is 1. The predicted octanol–water partition coefficient (Wildman–Crippen LogP) is 4.49. The average molecular weight is 349 g/mol. The molecule has 0 aliphatic heterocycles. The summed E-state index contributed by atoms with van der Waals surface area (Å²) in [7, 11) is 0. The van der Waals surface area contributed by atoms with Gasteiger partial charge in [-0.1, -0.05) is 57.2 Å². The van der Waals surface area contributed by atoms with Crippen molar-refractivity contribution in [1.82, 2.24) is 4.98 Å². The molecule has 0 saturated carbocycles. The Kier molecular flexibility index (Phi) is 5.40. The highest BCUT2D eigenvalue weighted by Gasteiger charge is 2.16. The second-order valence-corrected chi connectivity index (χ2v) is 7.89. The van der Waals surface area contributed by atoms with E-state index in [0.717, 1.165) is 27.7 Å². The molecule has 26 heavy (non-hydrogen) atoms. The third-order valence-corrected chi connectivity index (χ3v) is 4.76. The minimum atomic E-state index is -0.699. The Labute approximate surface area is 155 Å². The molecule has 1 unspecified atom stereocenters. The normalized spacial score (nSPS) is 13.1. The quantitative estimate of drug-likeness (QED) is 0.714. The first-order chi connectivity index (χ1) is 12.4. The lowest BCUT2D eigenvalue weighted by Gasteiger charge is -2.20. The van der Waals surface area contributed by atoms with Crippen molar-refractivity contribution in [3.63, 3.8) is 0 Å². The number of aliphatic hydroxyl groups is 2. The standard InChI is InChI=1S/C23H27NO2/c1-23(2,3)19-10-12-21-18(14-19)13-17(9-11-20(26)15-25)22(24-21)16-7-5-4-6-8-16/h4-8,10,12-14,20,25-26H,9,11,15H2,1-3H3. The monoisotopic (exact) mass is 349 g/mol. The highest BCUT2D eigenvalue weighted by molar-refractivity contribution is 5.84. The molecule has 2 aromatic carbocycles. The van der Waals surface area contributed by atoms with E-state index in [9.17, 15) is 5.11 Å². The first-order valence-electron chi connectivity index (χ1n) is 9.17. The number of rotatable bonds is 5. The summed E-state index contributed by atoms with van der Waals surface area (Å²) < 4.78 is 0. The third kappa shape index (κ3) is 4.12. The maximum atomic E-state index is 9.77. The van der Waals surface area contributed by atoms with Crippen LogP contribution in [-0.4, -0.2) is 27.9 Å². The smallest absolute Gasteiger partial charge is 0.0774 e. The fraction of sp³-hybridized carbons (Fsp3) is 0.348. The van der Waals surface area contributed by atoms with Crippen molar-refractivity contribution in [3.05, 3.63) is 65.7 Å². The lowest BCUT2D eigenvalue weighted by atomic mass is 9.86. The zero-order valence-electron chi connectivity index (χ0n) is 15.7. The fourth-order valence-electron chi connectivity index (χ4n) is 3.14. The topological polar surface area (TPSA) is 53.4 Å². The largest absolute Gasteiger partial charge is 0.394 e. The Morgan fingerprint density at radius 3 is 2.38 bits per heavy atom. The van der Waals surface area contributed by atoms with Crippen LogP contribution < -0.4 is 0 Å². The zero-order chi connectivity index (χ0) is 18.7. The number of aromatic nitrogens is 1. The summed E-state index contributed by atoms with van der Waals surface area (Å²) in [6.45, 7) is 6.41. The van der Waals surface area contributed by atoms with Gasteiger partial charge in [0.25, 0.3) is 0 Å². The van der Waals surface area contributed by atoms with Gasteiger partial charge in [-0.3, -0.25) is 0 Å². The van der Waals surface area contributed by atoms with Gasteiger partial charge in [0.2, 0.25) is 0 Å². The van der Waals surface area contributed by atoms with Crippen molar-refractivity contribution in [3.8, 4) is 11.3 Å². The lowest BCUT2D eigenvalue weighted by molar-refractivity contribution is 0.0886. The van der Waals surface area contributed by atoms with Gasteiger partial charge >= 0.3 is 0 Å². The van der Waals surface area contributed by atoms with Gasteiger partial charge in [0.1, 0.15) is 0 Å². The first-order valence-corrected chi connectivity index (χ1v) is 9.17. The molecule has 0 aliphatic carbocycles. The van der Waals surface area contributed by atoms with Crippen molar-refractivity contribution in [2.24, 2.45) is 0 Å². The fourth-order valence-corrected chi connectivity index (χ4v) is 3.14. The molecule has 136 valence electrons. The van der Waals surface area contributed by atoms with Crippen LogP contribution in [0.25, 0.3) is 22.2 Å². The Bertz CT molecular complexity index is 882. The van der Waals surface area contributed by atoms with Crippen molar-refractivity contribution < 1.29 is 10.2 Å². The summed E-state index contributed by atoms with van der Waals surface area (Å²) in [5.41, 5.74) is 5.46. The molecular weight excluding hydrogens is 322 g/mol. The predicted molar refractivity (Wildman–Crippen MR) is 107 cm³/mol. The van der Waals surface area contributed by atoms with Gasteiger partial charge in [0.05, 0.1) is 23.9 Å². The molecule has 0 bridgehead atoms. The minimum Gasteiger partial charge on any atom is -0.394 e. The molecule has 3 heteroatoms. The Balaban J connectivity index is 2.11. The van der Waals surface area contributed by atoms with Gasteiger partial charge in [0, 0.05) is 10.9 Å². The maximum absolute atomic E-state index is 9.77. The number of hydrogen-bond donors (Lipinski definition) is 2. The molecule has 1 aromatic heterocycles. The van der Waals surface area contributed by atoms with Crippen molar-refractivity contribution in [2.75, 3.05) is 6.61 Å². The second kappa shape index (κ2) is 7.56. The SMILES string of the molecule is CC(C)(C)c1ccc2nc(-c3ccccc3)c(CCC(O)CO)cc2c1. The van der Waals surface area contributed by atoms with Crippen LogP contribution in [0.5, 0.6) is 0 Å². The van der Waals surface area contributed by atoms with Gasteiger partial charge in [-0.15, -0.1) is 0 Å². The van der Waals surface area contributed by atoms with Crippen LogP contribution in [-0.2, 0) is 11.8 Å². The van der Waals surface area contributed by atoms with E-state index in [0.29, 0.717) is 12.8 Å². The van der Waals surface area contributed by atoms with E-state index in [2.05, 4.69) is 57.2 Å². The van der Waals surface area contributed by atoms with E-state index in [1.54, 1.807) is 0 Å². The van der Waals surface area contributed by atoms with Crippen LogP contribution >= 0.6 is 0 Å². The number of nitrogens with zero attached hydrogens (tertiary/aromatic N) is 1. The summed E-state index contributed by atoms with van der Waals surface area (Å²) in [4.78, 5) is 4.93. The molecule has 0 spiro atoms. The Morgan fingerprint density at radius 1 is 1.00 bits per heavy atom. The molecule has 0 fully saturated rings. The lowest BCUT2D eigenvalue weighted by Crippen LogP contribution is -2.13. The van der Waals surface area contributed by atoms with Crippen molar-refractivity contribution in [1.29, 1.82) is 0 Å². The summed E-state index contributed by atoms with van der Waals surface area (Å²) in [5, 5.41) is 20.0. The summed E-state index contributed by atoms with van der Waals surface area (Å²) in [6, 6.07) is 18.8. The molecule has 1 atom stereocenters. The molecule has 0 aliphatic rings. The van der Waals surface area contributed by atoms with Gasteiger partial charge in [-0.05, 0) is 47.6 Å². The molecule has 3 aromatic rings. The van der Waals surface area contributed by atoms with Gasteiger partial charge in [-0.2, -0.15) is 0 Å².